The fourth-order valence-corrected chi connectivity index (χ4v) is 2.24. The summed E-state index contributed by atoms with van der Waals surface area (Å²) in [6.07, 6.45) is 2.06. The molecule has 3 atom stereocenters. The third-order valence-corrected chi connectivity index (χ3v) is 3.88. The van der Waals surface area contributed by atoms with Gasteiger partial charge in [0.1, 0.15) is 0 Å². The van der Waals surface area contributed by atoms with E-state index < -0.39 is 0 Å². The molecule has 96 valence electrons. The van der Waals surface area contributed by atoms with E-state index in [9.17, 15) is 5.11 Å². The minimum Gasteiger partial charge on any atom is -0.394 e. The molecule has 0 aromatic carbocycles. The fraction of sp³-hybridized carbons (Fsp3) is 1.00. The van der Waals surface area contributed by atoms with E-state index in [-0.39, 0.29) is 12.1 Å². The second-order valence-electron chi connectivity index (χ2n) is 5.20. The van der Waals surface area contributed by atoms with Crippen molar-refractivity contribution in [2.75, 3.05) is 33.9 Å². The van der Waals surface area contributed by atoms with Crippen LogP contribution in [0.5, 0.6) is 0 Å². The van der Waals surface area contributed by atoms with Crippen LogP contribution in [0.15, 0.2) is 0 Å². The molecule has 1 saturated heterocycles. The first-order valence-electron chi connectivity index (χ1n) is 6.12. The third-order valence-electron chi connectivity index (χ3n) is 3.88. The van der Waals surface area contributed by atoms with Crippen LogP contribution in [0.1, 0.15) is 26.7 Å². The normalized spacial score (nSPS) is 27.0. The van der Waals surface area contributed by atoms with Crippen molar-refractivity contribution in [3.8, 4) is 0 Å². The monoisotopic (exact) mass is 230 g/mol. The van der Waals surface area contributed by atoms with Gasteiger partial charge in [-0.25, -0.2) is 0 Å². The van der Waals surface area contributed by atoms with Crippen LogP contribution >= 0.6 is 0 Å². The Morgan fingerprint density at radius 3 is 2.75 bits per heavy atom. The van der Waals surface area contributed by atoms with E-state index in [2.05, 4.69) is 31.1 Å². The van der Waals surface area contributed by atoms with E-state index in [0.717, 1.165) is 26.1 Å². The molecule has 1 aliphatic rings. The van der Waals surface area contributed by atoms with Crippen molar-refractivity contribution in [1.82, 2.24) is 10.2 Å². The van der Waals surface area contributed by atoms with Gasteiger partial charge in [0.05, 0.1) is 13.2 Å². The van der Waals surface area contributed by atoms with E-state index in [0.29, 0.717) is 12.1 Å². The Morgan fingerprint density at radius 2 is 2.31 bits per heavy atom. The van der Waals surface area contributed by atoms with Crippen LogP contribution < -0.4 is 5.32 Å². The molecule has 4 nitrogen and oxygen atoms in total. The van der Waals surface area contributed by atoms with E-state index in [4.69, 9.17) is 4.74 Å². The van der Waals surface area contributed by atoms with Crippen molar-refractivity contribution < 1.29 is 9.84 Å². The molecular weight excluding hydrogens is 204 g/mol. The van der Waals surface area contributed by atoms with Gasteiger partial charge >= 0.3 is 0 Å². The second kappa shape index (κ2) is 5.96. The maximum atomic E-state index is 9.38. The topological polar surface area (TPSA) is 44.7 Å². The highest BCUT2D eigenvalue weighted by molar-refractivity contribution is 4.87. The molecule has 0 spiro atoms. The average Bonchev–Trinajstić information content (AvgIpc) is 2.81. The van der Waals surface area contributed by atoms with Gasteiger partial charge in [0, 0.05) is 24.2 Å². The minimum atomic E-state index is -0.187. The first-order chi connectivity index (χ1) is 7.52. The summed E-state index contributed by atoms with van der Waals surface area (Å²) in [5.41, 5.74) is -0.187. The van der Waals surface area contributed by atoms with Gasteiger partial charge in [-0.1, -0.05) is 0 Å². The van der Waals surface area contributed by atoms with Crippen molar-refractivity contribution in [3.05, 3.63) is 0 Å². The Hall–Kier alpha value is -0.160. The lowest BCUT2D eigenvalue weighted by atomic mass is 9.93. The highest BCUT2D eigenvalue weighted by Gasteiger charge is 2.29. The van der Waals surface area contributed by atoms with Crippen molar-refractivity contribution in [2.45, 2.75) is 44.3 Å². The number of hydrogen-bond acceptors (Lipinski definition) is 4. The van der Waals surface area contributed by atoms with Gasteiger partial charge in [-0.2, -0.15) is 0 Å². The zero-order chi connectivity index (χ0) is 12.2. The SMILES string of the molecule is CNC(C)(CO)CC(C)N(C)C1CCOC1. The number of nitrogens with one attached hydrogen (secondary N) is 1. The zero-order valence-corrected chi connectivity index (χ0v) is 11.0. The zero-order valence-electron chi connectivity index (χ0n) is 11.0. The van der Waals surface area contributed by atoms with Crippen LogP contribution in [0.2, 0.25) is 0 Å². The predicted molar refractivity (Wildman–Crippen MR) is 65.6 cm³/mol. The number of rotatable bonds is 6. The molecule has 0 saturated carbocycles. The summed E-state index contributed by atoms with van der Waals surface area (Å²) in [5.74, 6) is 0. The molecule has 16 heavy (non-hydrogen) atoms. The van der Waals surface area contributed by atoms with Gasteiger partial charge < -0.3 is 15.2 Å². The quantitative estimate of drug-likeness (QED) is 0.696. The molecule has 1 heterocycles. The van der Waals surface area contributed by atoms with E-state index in [1.165, 1.54) is 0 Å². The van der Waals surface area contributed by atoms with Gasteiger partial charge in [0.25, 0.3) is 0 Å². The van der Waals surface area contributed by atoms with E-state index in [1.807, 2.05) is 7.05 Å². The fourth-order valence-electron chi connectivity index (χ4n) is 2.24. The van der Waals surface area contributed by atoms with Crippen molar-refractivity contribution in [3.63, 3.8) is 0 Å². The Balaban J connectivity index is 2.46. The van der Waals surface area contributed by atoms with Gasteiger partial charge in [-0.15, -0.1) is 0 Å². The summed E-state index contributed by atoms with van der Waals surface area (Å²) in [6, 6.07) is 0.978. The molecule has 3 unspecified atom stereocenters. The number of ether oxygens (including phenoxy) is 1. The molecule has 0 radical (unpaired) electrons. The molecule has 0 aromatic rings. The highest BCUT2D eigenvalue weighted by Crippen LogP contribution is 2.19. The largest absolute Gasteiger partial charge is 0.394 e. The summed E-state index contributed by atoms with van der Waals surface area (Å²) in [4.78, 5) is 2.37. The molecule has 4 heteroatoms. The lowest BCUT2D eigenvalue weighted by molar-refractivity contribution is 0.0991. The molecule has 0 aromatic heterocycles. The number of aliphatic hydroxyl groups is 1. The first kappa shape index (κ1) is 13.9. The molecule has 0 aliphatic carbocycles. The summed E-state index contributed by atoms with van der Waals surface area (Å²) in [5, 5.41) is 12.6. The van der Waals surface area contributed by atoms with Gasteiger partial charge in [0.2, 0.25) is 0 Å². The smallest absolute Gasteiger partial charge is 0.0622 e. The van der Waals surface area contributed by atoms with Gasteiger partial charge in [-0.3, -0.25) is 4.90 Å². The molecule has 2 N–H and O–H groups in total. The van der Waals surface area contributed by atoms with Crippen LogP contribution in [-0.2, 0) is 4.74 Å². The molecule has 1 aliphatic heterocycles. The lowest BCUT2D eigenvalue weighted by Crippen LogP contribution is -2.50. The Kier molecular flexibility index (Phi) is 5.18. The van der Waals surface area contributed by atoms with Crippen molar-refractivity contribution in [2.24, 2.45) is 0 Å². The second-order valence-corrected chi connectivity index (χ2v) is 5.20. The highest BCUT2D eigenvalue weighted by atomic mass is 16.5. The standard InChI is InChI=1S/C12H26N2O2/c1-10(7-12(2,9-15)13-3)14(4)11-5-6-16-8-11/h10-11,13,15H,5-9H2,1-4H3. The predicted octanol–water partition coefficient (Wildman–Crippen LogP) is 0.456. The molecule has 0 bridgehead atoms. The third kappa shape index (κ3) is 3.42. The van der Waals surface area contributed by atoms with Crippen LogP contribution in [-0.4, -0.2) is 61.5 Å². The number of nitrogens with zero attached hydrogens (tertiary/aromatic N) is 1. The summed E-state index contributed by atoms with van der Waals surface area (Å²) < 4.78 is 5.40. The maximum absolute atomic E-state index is 9.38. The van der Waals surface area contributed by atoms with E-state index in [1.54, 1.807) is 0 Å². The lowest BCUT2D eigenvalue weighted by Gasteiger charge is -2.36. The molecule has 1 rings (SSSR count). The molecule has 1 fully saturated rings. The minimum absolute atomic E-state index is 0.169. The first-order valence-corrected chi connectivity index (χ1v) is 6.12. The average molecular weight is 230 g/mol. The van der Waals surface area contributed by atoms with Gasteiger partial charge in [0.15, 0.2) is 0 Å². The maximum Gasteiger partial charge on any atom is 0.0622 e. The number of aliphatic hydroxyl groups excluding tert-OH is 1. The van der Waals surface area contributed by atoms with Crippen LogP contribution in [0.25, 0.3) is 0 Å². The Bertz CT molecular complexity index is 201. The van der Waals surface area contributed by atoms with Crippen molar-refractivity contribution >= 4 is 0 Å². The Morgan fingerprint density at radius 1 is 1.62 bits per heavy atom. The van der Waals surface area contributed by atoms with Crippen LogP contribution in [0.3, 0.4) is 0 Å². The van der Waals surface area contributed by atoms with Crippen LogP contribution in [0, 0.1) is 0 Å². The molecular formula is C12H26N2O2. The number of hydrogen-bond donors (Lipinski definition) is 2. The van der Waals surface area contributed by atoms with Gasteiger partial charge in [-0.05, 0) is 40.8 Å². The van der Waals surface area contributed by atoms with E-state index >= 15 is 0 Å². The summed E-state index contributed by atoms with van der Waals surface area (Å²) in [7, 11) is 4.05. The van der Waals surface area contributed by atoms with Crippen molar-refractivity contribution in [1.29, 1.82) is 0 Å². The molecule has 0 amide bonds. The Labute approximate surface area is 99.0 Å². The summed E-state index contributed by atoms with van der Waals surface area (Å²) >= 11 is 0. The van der Waals surface area contributed by atoms with Crippen LogP contribution in [0.4, 0.5) is 0 Å². The summed E-state index contributed by atoms with van der Waals surface area (Å²) in [6.45, 7) is 6.16. The number of likely N-dealkylation sites (N-methyl/N-ethyl adjacent to an activating group) is 2.